The second kappa shape index (κ2) is 1.50. The molecule has 0 radical (unpaired) electrons. The van der Waals surface area contributed by atoms with E-state index in [2.05, 4.69) is 20.6 Å². The molecule has 1 N–H and O–H groups in total. The molecule has 0 spiro atoms. The first-order chi connectivity index (χ1) is 2.89. The fourth-order valence-electron chi connectivity index (χ4n) is 0.150. The van der Waals surface area contributed by atoms with E-state index in [1.54, 1.807) is 0 Å². The molecule has 0 fully saturated rings. The minimum atomic E-state index is 0.646. The second-order valence-corrected chi connectivity index (χ2v) is 1.65. The van der Waals surface area contributed by atoms with Gasteiger partial charge in [0.25, 0.3) is 0 Å². The SMILES string of the molecule is Ic1nn[nH]n1. The molecule has 0 amide bonds. The van der Waals surface area contributed by atoms with Gasteiger partial charge in [-0.25, -0.2) is 0 Å². The number of rotatable bonds is 0. The summed E-state index contributed by atoms with van der Waals surface area (Å²) in [6, 6.07) is 0. The molecule has 1 aromatic rings. The molecule has 0 saturated heterocycles. The van der Waals surface area contributed by atoms with Crippen molar-refractivity contribution in [3.05, 3.63) is 3.83 Å². The highest BCUT2D eigenvalue weighted by atomic mass is 127. The van der Waals surface area contributed by atoms with Gasteiger partial charge in [0, 0.05) is 22.6 Å². The predicted molar refractivity (Wildman–Crippen MR) is 26.9 cm³/mol. The van der Waals surface area contributed by atoms with Crippen LogP contribution in [0.25, 0.3) is 0 Å². The maximum Gasteiger partial charge on any atom is 0.233 e. The van der Waals surface area contributed by atoms with Crippen LogP contribution in [-0.2, 0) is 0 Å². The molecule has 1 rings (SSSR count). The Balaban J connectivity index is 3.05. The van der Waals surface area contributed by atoms with Crippen LogP contribution in [0.15, 0.2) is 0 Å². The Hall–Kier alpha value is -0.200. The van der Waals surface area contributed by atoms with Crippen LogP contribution in [0, 0.1) is 3.83 Å². The number of nitrogens with one attached hydrogen (secondary N) is 1. The zero-order chi connectivity index (χ0) is 4.41. The van der Waals surface area contributed by atoms with E-state index in [4.69, 9.17) is 0 Å². The molecule has 0 unspecified atom stereocenters. The van der Waals surface area contributed by atoms with E-state index in [1.165, 1.54) is 0 Å². The highest BCUT2D eigenvalue weighted by Gasteiger charge is 1.81. The van der Waals surface area contributed by atoms with Crippen LogP contribution in [0.4, 0.5) is 0 Å². The van der Waals surface area contributed by atoms with E-state index in [0.29, 0.717) is 3.83 Å². The first kappa shape index (κ1) is 3.97. The third kappa shape index (κ3) is 0.644. The van der Waals surface area contributed by atoms with Crippen molar-refractivity contribution in [2.24, 2.45) is 0 Å². The smallest absolute Gasteiger partial charge is 0.176 e. The Labute approximate surface area is 47.5 Å². The number of nitrogens with zero attached hydrogens (tertiary/aromatic N) is 3. The summed E-state index contributed by atoms with van der Waals surface area (Å²) in [5, 5.41) is 12.7. The maximum absolute atomic E-state index is 3.56. The minimum absolute atomic E-state index is 0.646. The lowest BCUT2D eigenvalue weighted by Gasteiger charge is -1.56. The average molecular weight is 196 g/mol. The van der Waals surface area contributed by atoms with Crippen molar-refractivity contribution < 1.29 is 0 Å². The lowest BCUT2D eigenvalue weighted by atomic mass is 11.4. The number of hydrogen-bond donors (Lipinski definition) is 1. The zero-order valence-corrected chi connectivity index (χ0v) is 4.88. The molecule has 0 aliphatic heterocycles. The molecule has 0 saturated carbocycles. The van der Waals surface area contributed by atoms with Crippen molar-refractivity contribution in [2.45, 2.75) is 0 Å². The van der Waals surface area contributed by atoms with Gasteiger partial charge in [-0.2, -0.15) is 5.21 Å². The van der Waals surface area contributed by atoms with Gasteiger partial charge in [-0.3, -0.25) is 0 Å². The summed E-state index contributed by atoms with van der Waals surface area (Å²) in [5.41, 5.74) is 0. The summed E-state index contributed by atoms with van der Waals surface area (Å²) in [4.78, 5) is 0. The molecule has 1 aromatic heterocycles. The van der Waals surface area contributed by atoms with E-state index in [0.717, 1.165) is 0 Å². The number of aromatic nitrogens is 4. The number of hydrogen-bond acceptors (Lipinski definition) is 3. The van der Waals surface area contributed by atoms with Crippen LogP contribution in [0.1, 0.15) is 0 Å². The molecule has 0 aliphatic rings. The van der Waals surface area contributed by atoms with Crippen LogP contribution in [0.3, 0.4) is 0 Å². The van der Waals surface area contributed by atoms with Gasteiger partial charge in [-0.1, -0.05) is 0 Å². The molecule has 0 atom stereocenters. The Kier molecular flexibility index (Phi) is 0.992. The van der Waals surface area contributed by atoms with Crippen LogP contribution < -0.4 is 0 Å². The van der Waals surface area contributed by atoms with Crippen molar-refractivity contribution in [2.75, 3.05) is 0 Å². The van der Waals surface area contributed by atoms with E-state index >= 15 is 0 Å². The first-order valence-corrected chi connectivity index (χ1v) is 2.36. The topological polar surface area (TPSA) is 54.5 Å². The first-order valence-electron chi connectivity index (χ1n) is 1.28. The third-order valence-corrected chi connectivity index (χ3v) is 0.776. The van der Waals surface area contributed by atoms with Crippen LogP contribution in [-0.4, -0.2) is 20.6 Å². The zero-order valence-electron chi connectivity index (χ0n) is 2.72. The van der Waals surface area contributed by atoms with E-state index in [-0.39, 0.29) is 0 Å². The predicted octanol–water partition coefficient (Wildman–Crippen LogP) is -0.196. The van der Waals surface area contributed by atoms with Gasteiger partial charge < -0.3 is 0 Å². The summed E-state index contributed by atoms with van der Waals surface area (Å²) in [5.74, 6) is 0. The van der Waals surface area contributed by atoms with E-state index in [9.17, 15) is 0 Å². The molecule has 6 heavy (non-hydrogen) atoms. The van der Waals surface area contributed by atoms with Gasteiger partial charge in [0.1, 0.15) is 0 Å². The van der Waals surface area contributed by atoms with Crippen molar-refractivity contribution in [1.82, 2.24) is 20.6 Å². The molecule has 32 valence electrons. The Morgan fingerprint density at radius 3 is 2.67 bits per heavy atom. The van der Waals surface area contributed by atoms with Crippen molar-refractivity contribution >= 4 is 22.6 Å². The van der Waals surface area contributed by atoms with Gasteiger partial charge in [0.05, 0.1) is 0 Å². The maximum atomic E-state index is 3.56. The van der Waals surface area contributed by atoms with Gasteiger partial charge in [-0.15, -0.1) is 10.2 Å². The van der Waals surface area contributed by atoms with Crippen molar-refractivity contribution in [3.8, 4) is 0 Å². The van der Waals surface area contributed by atoms with Crippen molar-refractivity contribution in [1.29, 1.82) is 0 Å². The largest absolute Gasteiger partial charge is 0.233 e. The molecule has 1 heterocycles. The minimum Gasteiger partial charge on any atom is -0.176 e. The van der Waals surface area contributed by atoms with Gasteiger partial charge in [0.15, 0.2) is 0 Å². The number of halogens is 1. The molecule has 0 aromatic carbocycles. The van der Waals surface area contributed by atoms with E-state index in [1.807, 2.05) is 22.6 Å². The third-order valence-electron chi connectivity index (χ3n) is 0.319. The summed E-state index contributed by atoms with van der Waals surface area (Å²) in [6.45, 7) is 0. The monoisotopic (exact) mass is 196 g/mol. The van der Waals surface area contributed by atoms with Crippen LogP contribution >= 0.6 is 22.6 Å². The summed E-state index contributed by atoms with van der Waals surface area (Å²) in [7, 11) is 0. The highest BCUT2D eigenvalue weighted by molar-refractivity contribution is 14.1. The summed E-state index contributed by atoms with van der Waals surface area (Å²) in [6.07, 6.45) is 0. The number of H-pyrrole nitrogens is 1. The van der Waals surface area contributed by atoms with Crippen molar-refractivity contribution in [3.63, 3.8) is 0 Å². The quantitative estimate of drug-likeness (QED) is 0.584. The molecular formula is CHIN4. The van der Waals surface area contributed by atoms with Crippen LogP contribution in [0.2, 0.25) is 0 Å². The lowest BCUT2D eigenvalue weighted by Crippen LogP contribution is -1.67. The average Bonchev–Trinajstić information content (AvgIpc) is 1.86. The summed E-state index contributed by atoms with van der Waals surface area (Å²) < 4.78 is 0.646. The van der Waals surface area contributed by atoms with E-state index < -0.39 is 0 Å². The number of aromatic amines is 1. The lowest BCUT2D eigenvalue weighted by molar-refractivity contribution is 0.881. The summed E-state index contributed by atoms with van der Waals surface area (Å²) >= 11 is 1.96. The Morgan fingerprint density at radius 1 is 1.67 bits per heavy atom. The Morgan fingerprint density at radius 2 is 2.50 bits per heavy atom. The molecule has 0 aliphatic carbocycles. The molecular weight excluding hydrogens is 195 g/mol. The molecule has 0 bridgehead atoms. The van der Waals surface area contributed by atoms with Gasteiger partial charge >= 0.3 is 0 Å². The fraction of sp³-hybridized carbons (Fsp3) is 0. The van der Waals surface area contributed by atoms with Gasteiger partial charge in [0.2, 0.25) is 3.83 Å². The normalized spacial score (nSPS) is 8.83. The molecule has 4 nitrogen and oxygen atoms in total. The van der Waals surface area contributed by atoms with Gasteiger partial charge in [-0.05, 0) is 5.21 Å². The Bertz CT molecular complexity index is 111. The standard InChI is InChI=1S/CHIN4/c2-1-3-5-6-4-1/h(H,3,4,5,6). The molecule has 5 heteroatoms. The fourth-order valence-corrected chi connectivity index (χ4v) is 0.365. The number of tetrazole rings is 1. The highest BCUT2D eigenvalue weighted by Crippen LogP contribution is 1.84. The van der Waals surface area contributed by atoms with Crippen LogP contribution in [0.5, 0.6) is 0 Å². The second-order valence-electron chi connectivity index (χ2n) is 0.681.